The summed E-state index contributed by atoms with van der Waals surface area (Å²) in [5.41, 5.74) is 2.84. The number of halogens is 1. The third kappa shape index (κ3) is 3.42. The summed E-state index contributed by atoms with van der Waals surface area (Å²) >= 11 is 0. The molecule has 0 aliphatic heterocycles. The number of aromatic nitrogens is 3. The Kier molecular flexibility index (Phi) is 4.38. The van der Waals surface area contributed by atoms with Gasteiger partial charge in [-0.25, -0.2) is 4.39 Å². The lowest BCUT2D eigenvalue weighted by atomic mass is 10.1. The summed E-state index contributed by atoms with van der Waals surface area (Å²) in [6.45, 7) is 1.94. The summed E-state index contributed by atoms with van der Waals surface area (Å²) in [7, 11) is 0. The maximum atomic E-state index is 13.1. The number of amides is 1. The minimum atomic E-state index is -0.306. The molecule has 5 nitrogen and oxygen atoms in total. The second kappa shape index (κ2) is 6.99. The van der Waals surface area contributed by atoms with Crippen LogP contribution >= 0.6 is 0 Å². The molecule has 0 aliphatic rings. The molecule has 0 bridgehead atoms. The Morgan fingerprint density at radius 1 is 1.04 bits per heavy atom. The van der Waals surface area contributed by atoms with E-state index in [9.17, 15) is 9.18 Å². The van der Waals surface area contributed by atoms with Gasteiger partial charge in [0, 0.05) is 17.3 Å². The van der Waals surface area contributed by atoms with E-state index in [1.165, 1.54) is 12.1 Å². The smallest absolute Gasteiger partial charge is 0.251 e. The highest BCUT2D eigenvalue weighted by molar-refractivity contribution is 5.95. The van der Waals surface area contributed by atoms with Crippen molar-refractivity contribution in [2.45, 2.75) is 13.0 Å². The minimum absolute atomic E-state index is 0.109. The predicted octanol–water partition coefficient (Wildman–Crippen LogP) is 4.03. The first-order valence-electron chi connectivity index (χ1n) is 8.58. The molecule has 1 N–H and O–H groups in total. The van der Waals surface area contributed by atoms with Gasteiger partial charge in [0.05, 0.1) is 6.04 Å². The topological polar surface area (TPSA) is 59.3 Å². The Morgan fingerprint density at radius 2 is 1.78 bits per heavy atom. The molecule has 0 saturated heterocycles. The summed E-state index contributed by atoms with van der Waals surface area (Å²) in [5.74, 6) is 0.105. The van der Waals surface area contributed by atoms with Crippen LogP contribution in [0.5, 0.6) is 0 Å². The minimum Gasteiger partial charge on any atom is -0.346 e. The zero-order chi connectivity index (χ0) is 18.8. The number of fused-ring (bicyclic) bond motifs is 1. The fourth-order valence-corrected chi connectivity index (χ4v) is 2.93. The molecule has 4 aromatic rings. The van der Waals surface area contributed by atoms with Crippen molar-refractivity contribution < 1.29 is 9.18 Å². The third-order valence-corrected chi connectivity index (χ3v) is 4.42. The monoisotopic (exact) mass is 360 g/mol. The third-order valence-electron chi connectivity index (χ3n) is 4.42. The molecule has 2 aromatic heterocycles. The number of nitrogens with one attached hydrogen (secondary N) is 1. The Balaban J connectivity index is 1.59. The van der Waals surface area contributed by atoms with Crippen molar-refractivity contribution in [3.8, 4) is 11.4 Å². The van der Waals surface area contributed by atoms with Gasteiger partial charge < -0.3 is 5.32 Å². The lowest BCUT2D eigenvalue weighted by molar-refractivity contribution is 0.0940. The van der Waals surface area contributed by atoms with E-state index < -0.39 is 0 Å². The molecule has 0 spiro atoms. The van der Waals surface area contributed by atoms with Crippen LogP contribution in [-0.4, -0.2) is 20.5 Å². The number of hydrogen-bond donors (Lipinski definition) is 1. The predicted molar refractivity (Wildman–Crippen MR) is 101 cm³/mol. The number of rotatable bonds is 4. The summed E-state index contributed by atoms with van der Waals surface area (Å²) in [6, 6.07) is 19.1. The van der Waals surface area contributed by atoms with Crippen molar-refractivity contribution in [3.05, 3.63) is 89.9 Å². The van der Waals surface area contributed by atoms with Gasteiger partial charge in [0.25, 0.3) is 5.91 Å². The molecule has 134 valence electrons. The summed E-state index contributed by atoms with van der Waals surface area (Å²) in [6.07, 6.45) is 1.75. The van der Waals surface area contributed by atoms with Crippen LogP contribution in [0.25, 0.3) is 17.0 Å². The maximum absolute atomic E-state index is 13.1. The lowest BCUT2D eigenvalue weighted by Gasteiger charge is -2.14. The fourth-order valence-electron chi connectivity index (χ4n) is 2.93. The van der Waals surface area contributed by atoms with Crippen LogP contribution in [0.1, 0.15) is 28.9 Å². The number of nitrogens with zero attached hydrogens (tertiary/aromatic N) is 3. The number of carbonyl (C=O) groups is 1. The van der Waals surface area contributed by atoms with Gasteiger partial charge in [-0.1, -0.05) is 30.3 Å². The van der Waals surface area contributed by atoms with E-state index in [-0.39, 0.29) is 17.8 Å². The molecule has 0 unspecified atom stereocenters. The van der Waals surface area contributed by atoms with E-state index in [0.717, 1.165) is 11.1 Å². The lowest BCUT2D eigenvalue weighted by Crippen LogP contribution is -2.26. The average Bonchev–Trinajstić information content (AvgIpc) is 3.12. The molecule has 27 heavy (non-hydrogen) atoms. The van der Waals surface area contributed by atoms with Crippen molar-refractivity contribution in [2.75, 3.05) is 0 Å². The fraction of sp³-hybridized carbons (Fsp3) is 0.0952. The van der Waals surface area contributed by atoms with Gasteiger partial charge in [-0.15, -0.1) is 10.2 Å². The molecule has 0 fully saturated rings. The molecular weight excluding hydrogens is 343 g/mol. The summed E-state index contributed by atoms with van der Waals surface area (Å²) < 4.78 is 14.9. The number of pyridine rings is 1. The van der Waals surface area contributed by atoms with Crippen LogP contribution < -0.4 is 5.32 Å². The van der Waals surface area contributed by atoms with Crippen LogP contribution in [0.4, 0.5) is 4.39 Å². The normalized spacial score (nSPS) is 12.1. The molecule has 1 atom stereocenters. The van der Waals surface area contributed by atoms with Gasteiger partial charge in [-0.3, -0.25) is 9.20 Å². The first kappa shape index (κ1) is 16.9. The van der Waals surface area contributed by atoms with Gasteiger partial charge in [0.15, 0.2) is 11.5 Å². The second-order valence-corrected chi connectivity index (χ2v) is 6.28. The number of carbonyl (C=O) groups excluding carboxylic acids is 1. The maximum Gasteiger partial charge on any atom is 0.251 e. The van der Waals surface area contributed by atoms with E-state index >= 15 is 0 Å². The van der Waals surface area contributed by atoms with Crippen LogP contribution in [0, 0.1) is 5.82 Å². The van der Waals surface area contributed by atoms with Crippen LogP contribution in [0.3, 0.4) is 0 Å². The zero-order valence-corrected chi connectivity index (χ0v) is 14.6. The molecule has 2 heterocycles. The van der Waals surface area contributed by atoms with E-state index in [4.69, 9.17) is 0 Å². The van der Waals surface area contributed by atoms with E-state index in [1.807, 2.05) is 37.3 Å². The zero-order valence-electron chi connectivity index (χ0n) is 14.6. The second-order valence-electron chi connectivity index (χ2n) is 6.28. The summed E-state index contributed by atoms with van der Waals surface area (Å²) in [5, 5.41) is 11.3. The Bertz CT molecular complexity index is 1090. The average molecular weight is 360 g/mol. The molecule has 4 rings (SSSR count). The van der Waals surface area contributed by atoms with Crippen LogP contribution in [0.2, 0.25) is 0 Å². The van der Waals surface area contributed by atoms with Crippen molar-refractivity contribution in [3.63, 3.8) is 0 Å². The van der Waals surface area contributed by atoms with E-state index in [2.05, 4.69) is 15.5 Å². The van der Waals surface area contributed by atoms with Crippen LogP contribution in [-0.2, 0) is 0 Å². The van der Waals surface area contributed by atoms with Crippen molar-refractivity contribution in [1.82, 2.24) is 19.9 Å². The van der Waals surface area contributed by atoms with Gasteiger partial charge >= 0.3 is 0 Å². The summed E-state index contributed by atoms with van der Waals surface area (Å²) in [4.78, 5) is 12.6. The van der Waals surface area contributed by atoms with Crippen LogP contribution in [0.15, 0.2) is 72.9 Å². The quantitative estimate of drug-likeness (QED) is 0.598. The molecule has 2 aromatic carbocycles. The van der Waals surface area contributed by atoms with Crippen molar-refractivity contribution >= 4 is 11.6 Å². The molecule has 0 radical (unpaired) electrons. The first-order chi connectivity index (χ1) is 13.1. The molecular formula is C21H17FN4O. The van der Waals surface area contributed by atoms with Crippen molar-refractivity contribution in [1.29, 1.82) is 0 Å². The SMILES string of the molecule is C[C@H](NC(=O)c1ccn2c(-c3ccc(F)cc3)nnc2c1)c1ccccc1. The first-order valence-corrected chi connectivity index (χ1v) is 8.58. The Hall–Kier alpha value is -3.54. The Morgan fingerprint density at radius 3 is 2.52 bits per heavy atom. The molecule has 6 heteroatoms. The van der Waals surface area contributed by atoms with Gasteiger partial charge in [0.1, 0.15) is 5.82 Å². The highest BCUT2D eigenvalue weighted by atomic mass is 19.1. The number of hydrogen-bond acceptors (Lipinski definition) is 3. The molecule has 0 aliphatic carbocycles. The van der Waals surface area contributed by atoms with Gasteiger partial charge in [-0.05, 0) is 48.9 Å². The van der Waals surface area contributed by atoms with E-state index in [0.29, 0.717) is 17.0 Å². The standard InChI is InChI=1S/C21H17FN4O/c1-14(15-5-3-2-4-6-15)23-21(27)17-11-12-26-19(13-17)24-25-20(26)16-7-9-18(22)10-8-16/h2-14H,1H3,(H,23,27)/t14-/m0/s1. The van der Waals surface area contributed by atoms with Gasteiger partial charge in [-0.2, -0.15) is 0 Å². The highest BCUT2D eigenvalue weighted by Gasteiger charge is 2.14. The Labute approximate surface area is 155 Å². The molecule has 1 amide bonds. The molecule has 0 saturated carbocycles. The van der Waals surface area contributed by atoms with E-state index in [1.54, 1.807) is 34.9 Å². The van der Waals surface area contributed by atoms with Crippen molar-refractivity contribution in [2.24, 2.45) is 0 Å². The highest BCUT2D eigenvalue weighted by Crippen LogP contribution is 2.20. The van der Waals surface area contributed by atoms with Gasteiger partial charge in [0.2, 0.25) is 0 Å². The largest absolute Gasteiger partial charge is 0.346 e. The number of benzene rings is 2.